The number of nitrogens with zero attached hydrogens (tertiary/aromatic N) is 2. The Morgan fingerprint density at radius 2 is 2.14 bits per heavy atom. The Morgan fingerprint density at radius 3 is 2.86 bits per heavy atom. The van der Waals surface area contributed by atoms with E-state index in [4.69, 9.17) is 0 Å². The maximum Gasteiger partial charge on any atom is 0.0537 e. The summed E-state index contributed by atoms with van der Waals surface area (Å²) < 4.78 is 2.11. The largest absolute Gasteiger partial charge is 0.310 e. The summed E-state index contributed by atoms with van der Waals surface area (Å²) in [7, 11) is 0. The number of hydrogen-bond donors (Lipinski definition) is 1. The molecule has 1 N–H and O–H groups in total. The van der Waals surface area contributed by atoms with E-state index >= 15 is 0 Å². The standard InChI is InChI=1S/C18H33N3/c1-4-10-19-18(16-9-7-8-15(6-3)12-16)17-13-20-21(14-17)11-5-2/h13-16,18-19H,4-12H2,1-3H3. The quantitative estimate of drug-likeness (QED) is 0.761. The summed E-state index contributed by atoms with van der Waals surface area (Å²) >= 11 is 0. The van der Waals surface area contributed by atoms with E-state index in [-0.39, 0.29) is 0 Å². The predicted molar refractivity (Wildman–Crippen MR) is 89.3 cm³/mol. The third kappa shape index (κ3) is 4.57. The molecule has 0 aromatic carbocycles. The lowest BCUT2D eigenvalue weighted by Crippen LogP contribution is -2.32. The SMILES string of the molecule is CCCNC(c1cnn(CCC)c1)C1CCCC(CC)C1. The Labute approximate surface area is 130 Å². The molecule has 3 nitrogen and oxygen atoms in total. The highest BCUT2D eigenvalue weighted by Crippen LogP contribution is 2.38. The van der Waals surface area contributed by atoms with Gasteiger partial charge in [-0.2, -0.15) is 5.10 Å². The van der Waals surface area contributed by atoms with Gasteiger partial charge in [0.05, 0.1) is 6.20 Å². The van der Waals surface area contributed by atoms with Crippen LogP contribution in [0.3, 0.4) is 0 Å². The van der Waals surface area contributed by atoms with E-state index in [1.165, 1.54) is 44.1 Å². The second-order valence-electron chi connectivity index (χ2n) is 6.67. The van der Waals surface area contributed by atoms with E-state index in [0.29, 0.717) is 6.04 Å². The van der Waals surface area contributed by atoms with Crippen molar-refractivity contribution in [3.63, 3.8) is 0 Å². The average Bonchev–Trinajstić information content (AvgIpc) is 2.97. The highest BCUT2D eigenvalue weighted by atomic mass is 15.3. The first-order valence-electron chi connectivity index (χ1n) is 9.04. The van der Waals surface area contributed by atoms with Crippen molar-refractivity contribution in [1.82, 2.24) is 15.1 Å². The molecule has 1 saturated carbocycles. The van der Waals surface area contributed by atoms with Gasteiger partial charge in [0, 0.05) is 24.3 Å². The number of rotatable bonds is 8. The summed E-state index contributed by atoms with van der Waals surface area (Å²) in [6, 6.07) is 0.505. The van der Waals surface area contributed by atoms with Crippen LogP contribution in [0.4, 0.5) is 0 Å². The molecule has 0 amide bonds. The molecule has 0 bridgehead atoms. The van der Waals surface area contributed by atoms with Gasteiger partial charge in [0.2, 0.25) is 0 Å². The summed E-state index contributed by atoms with van der Waals surface area (Å²) in [5.74, 6) is 1.72. The Bertz CT molecular complexity index is 399. The zero-order valence-electron chi connectivity index (χ0n) is 14.1. The van der Waals surface area contributed by atoms with Gasteiger partial charge in [-0.1, -0.05) is 40.0 Å². The molecule has 3 unspecified atom stereocenters. The fourth-order valence-electron chi connectivity index (χ4n) is 3.75. The van der Waals surface area contributed by atoms with Gasteiger partial charge in [0.15, 0.2) is 0 Å². The molecule has 21 heavy (non-hydrogen) atoms. The van der Waals surface area contributed by atoms with Gasteiger partial charge >= 0.3 is 0 Å². The second kappa shape index (κ2) is 8.57. The highest BCUT2D eigenvalue weighted by Gasteiger charge is 2.29. The molecule has 3 atom stereocenters. The fourth-order valence-corrected chi connectivity index (χ4v) is 3.75. The smallest absolute Gasteiger partial charge is 0.0537 e. The first kappa shape index (κ1) is 16.5. The van der Waals surface area contributed by atoms with Crippen molar-refractivity contribution in [3.05, 3.63) is 18.0 Å². The molecule has 2 rings (SSSR count). The average molecular weight is 291 g/mol. The number of aryl methyl sites for hydroxylation is 1. The molecular formula is C18H33N3. The molecule has 0 radical (unpaired) electrons. The van der Waals surface area contributed by atoms with Gasteiger partial charge in [-0.15, -0.1) is 0 Å². The van der Waals surface area contributed by atoms with E-state index < -0.39 is 0 Å². The summed E-state index contributed by atoms with van der Waals surface area (Å²) in [6.07, 6.45) is 13.6. The molecule has 3 heteroatoms. The predicted octanol–water partition coefficient (Wildman–Crippen LogP) is 4.55. The van der Waals surface area contributed by atoms with E-state index in [1.807, 2.05) is 0 Å². The van der Waals surface area contributed by atoms with Crippen LogP contribution in [0.2, 0.25) is 0 Å². The van der Waals surface area contributed by atoms with Crippen molar-refractivity contribution in [2.75, 3.05) is 6.54 Å². The van der Waals surface area contributed by atoms with Crippen LogP contribution in [0.5, 0.6) is 0 Å². The molecular weight excluding hydrogens is 258 g/mol. The van der Waals surface area contributed by atoms with Crippen molar-refractivity contribution in [2.45, 2.75) is 78.3 Å². The molecule has 1 aliphatic rings. The Hall–Kier alpha value is -0.830. The zero-order valence-corrected chi connectivity index (χ0v) is 14.1. The normalized spacial score (nSPS) is 24.1. The van der Waals surface area contributed by atoms with E-state index in [0.717, 1.165) is 31.3 Å². The lowest BCUT2D eigenvalue weighted by molar-refractivity contribution is 0.209. The Kier molecular flexibility index (Phi) is 6.75. The molecule has 0 saturated heterocycles. The second-order valence-corrected chi connectivity index (χ2v) is 6.67. The Morgan fingerprint density at radius 1 is 1.29 bits per heavy atom. The molecule has 1 aromatic heterocycles. The molecule has 0 aliphatic heterocycles. The highest BCUT2D eigenvalue weighted by molar-refractivity contribution is 5.12. The van der Waals surface area contributed by atoms with Crippen LogP contribution in [-0.2, 0) is 6.54 Å². The van der Waals surface area contributed by atoms with Crippen LogP contribution in [0, 0.1) is 11.8 Å². The third-order valence-corrected chi connectivity index (χ3v) is 4.95. The third-order valence-electron chi connectivity index (χ3n) is 4.95. The zero-order chi connectivity index (χ0) is 15.1. The first-order valence-corrected chi connectivity index (χ1v) is 9.04. The summed E-state index contributed by atoms with van der Waals surface area (Å²) in [5, 5.41) is 8.35. The molecule has 1 aliphatic carbocycles. The van der Waals surface area contributed by atoms with E-state index in [9.17, 15) is 0 Å². The maximum atomic E-state index is 4.55. The summed E-state index contributed by atoms with van der Waals surface area (Å²) in [6.45, 7) is 8.95. The van der Waals surface area contributed by atoms with Gasteiger partial charge in [-0.05, 0) is 44.1 Å². The fraction of sp³-hybridized carbons (Fsp3) is 0.833. The van der Waals surface area contributed by atoms with Crippen LogP contribution < -0.4 is 5.32 Å². The number of aromatic nitrogens is 2. The van der Waals surface area contributed by atoms with Crippen molar-refractivity contribution < 1.29 is 0 Å². The van der Waals surface area contributed by atoms with Crippen LogP contribution in [0.15, 0.2) is 12.4 Å². The topological polar surface area (TPSA) is 29.9 Å². The maximum absolute atomic E-state index is 4.55. The van der Waals surface area contributed by atoms with Gasteiger partial charge < -0.3 is 5.32 Å². The lowest BCUT2D eigenvalue weighted by Gasteiger charge is -2.34. The molecule has 1 heterocycles. The van der Waals surface area contributed by atoms with Gasteiger partial charge in [-0.25, -0.2) is 0 Å². The van der Waals surface area contributed by atoms with Crippen molar-refractivity contribution in [1.29, 1.82) is 0 Å². The number of nitrogens with one attached hydrogen (secondary N) is 1. The van der Waals surface area contributed by atoms with Crippen LogP contribution in [-0.4, -0.2) is 16.3 Å². The van der Waals surface area contributed by atoms with E-state index in [2.05, 4.69) is 48.3 Å². The first-order chi connectivity index (χ1) is 10.3. The molecule has 120 valence electrons. The molecule has 0 spiro atoms. The minimum Gasteiger partial charge on any atom is -0.310 e. The molecule has 1 aromatic rings. The summed E-state index contributed by atoms with van der Waals surface area (Å²) in [5.41, 5.74) is 1.40. The Balaban J connectivity index is 2.08. The minimum atomic E-state index is 0.505. The summed E-state index contributed by atoms with van der Waals surface area (Å²) in [4.78, 5) is 0. The molecule has 1 fully saturated rings. The van der Waals surface area contributed by atoms with Crippen molar-refractivity contribution in [3.8, 4) is 0 Å². The minimum absolute atomic E-state index is 0.505. The van der Waals surface area contributed by atoms with Crippen LogP contribution in [0.25, 0.3) is 0 Å². The van der Waals surface area contributed by atoms with Crippen LogP contribution >= 0.6 is 0 Å². The van der Waals surface area contributed by atoms with Gasteiger partial charge in [-0.3, -0.25) is 4.68 Å². The number of hydrogen-bond acceptors (Lipinski definition) is 2. The van der Waals surface area contributed by atoms with Gasteiger partial charge in [0.25, 0.3) is 0 Å². The van der Waals surface area contributed by atoms with E-state index in [1.54, 1.807) is 0 Å². The monoisotopic (exact) mass is 291 g/mol. The van der Waals surface area contributed by atoms with Gasteiger partial charge in [0.1, 0.15) is 0 Å². The van der Waals surface area contributed by atoms with Crippen molar-refractivity contribution >= 4 is 0 Å². The van der Waals surface area contributed by atoms with Crippen LogP contribution in [0.1, 0.15) is 77.3 Å². The lowest BCUT2D eigenvalue weighted by atomic mass is 9.75. The van der Waals surface area contributed by atoms with Crippen molar-refractivity contribution in [2.24, 2.45) is 11.8 Å².